The molecule has 3 aromatic carbocycles. The second-order valence-electron chi connectivity index (χ2n) is 10.1. The molecular weight excluding hydrogens is 466 g/mol. The molecule has 1 saturated heterocycles. The molecular formula is C31H33NO5. The highest BCUT2D eigenvalue weighted by Gasteiger charge is 2.48. The Morgan fingerprint density at radius 1 is 0.973 bits per heavy atom. The van der Waals surface area contributed by atoms with Crippen LogP contribution in [0.4, 0.5) is 5.69 Å². The van der Waals surface area contributed by atoms with E-state index in [1.54, 1.807) is 31.4 Å². The smallest absolute Gasteiger partial charge is 0.300 e. The number of carbonyl (C=O) groups is 2. The Kier molecular flexibility index (Phi) is 7.12. The molecule has 192 valence electrons. The van der Waals surface area contributed by atoms with Gasteiger partial charge in [0, 0.05) is 16.8 Å². The third kappa shape index (κ3) is 4.84. The average molecular weight is 500 g/mol. The van der Waals surface area contributed by atoms with Gasteiger partial charge in [-0.1, -0.05) is 51.1 Å². The SMILES string of the molecule is CCOc1ccc(/C(O)=C2\C(=O)C(=O)N(c3ccc(C(C)(C)C)cc3)C2c2ccccc2OC)cc1C. The summed E-state index contributed by atoms with van der Waals surface area (Å²) in [5.41, 5.74) is 3.46. The molecule has 6 heteroatoms. The summed E-state index contributed by atoms with van der Waals surface area (Å²) in [5, 5.41) is 11.5. The molecule has 0 aliphatic carbocycles. The van der Waals surface area contributed by atoms with Gasteiger partial charge in [0.2, 0.25) is 0 Å². The number of aliphatic hydroxyl groups is 1. The van der Waals surface area contributed by atoms with Gasteiger partial charge < -0.3 is 14.6 Å². The van der Waals surface area contributed by atoms with E-state index in [1.165, 1.54) is 4.90 Å². The molecule has 1 N–H and O–H groups in total. The van der Waals surface area contributed by atoms with Gasteiger partial charge in [0.1, 0.15) is 17.3 Å². The van der Waals surface area contributed by atoms with Crippen LogP contribution in [0.5, 0.6) is 11.5 Å². The molecule has 4 rings (SSSR count). The van der Waals surface area contributed by atoms with Crippen molar-refractivity contribution >= 4 is 23.1 Å². The third-order valence-corrected chi connectivity index (χ3v) is 6.64. The number of benzene rings is 3. The van der Waals surface area contributed by atoms with Crippen molar-refractivity contribution in [3.63, 3.8) is 0 Å². The van der Waals surface area contributed by atoms with Crippen molar-refractivity contribution in [2.24, 2.45) is 0 Å². The number of Topliss-reactive ketones (excluding diaryl/α,β-unsaturated/α-hetero) is 1. The lowest BCUT2D eigenvalue weighted by molar-refractivity contribution is -0.132. The maximum absolute atomic E-state index is 13.5. The molecule has 1 fully saturated rings. The number of para-hydroxylation sites is 1. The van der Waals surface area contributed by atoms with Crippen molar-refractivity contribution in [2.75, 3.05) is 18.6 Å². The van der Waals surface area contributed by atoms with E-state index in [0.29, 0.717) is 34.9 Å². The summed E-state index contributed by atoms with van der Waals surface area (Å²) >= 11 is 0. The molecule has 1 atom stereocenters. The van der Waals surface area contributed by atoms with Crippen LogP contribution in [-0.4, -0.2) is 30.5 Å². The number of hydrogen-bond acceptors (Lipinski definition) is 5. The standard InChI is InChI=1S/C31H33NO5/c1-7-37-24-17-12-20(18-19(24)2)28(33)26-27(23-10-8-9-11-25(23)36-6)32(30(35)29(26)34)22-15-13-21(14-16-22)31(3,4)5/h8-18,27,33H,7H2,1-6H3/b28-26+. The number of ketones is 1. The minimum absolute atomic E-state index is 0.0120. The van der Waals surface area contributed by atoms with Crippen LogP contribution in [0.1, 0.15) is 56.0 Å². The van der Waals surface area contributed by atoms with E-state index in [9.17, 15) is 14.7 Å². The number of aryl methyl sites for hydroxylation is 1. The highest BCUT2D eigenvalue weighted by atomic mass is 16.5. The second-order valence-corrected chi connectivity index (χ2v) is 10.1. The van der Waals surface area contributed by atoms with Crippen LogP contribution in [-0.2, 0) is 15.0 Å². The largest absolute Gasteiger partial charge is 0.507 e. The predicted octanol–water partition coefficient (Wildman–Crippen LogP) is 6.33. The lowest BCUT2D eigenvalue weighted by Crippen LogP contribution is -2.29. The molecule has 3 aromatic rings. The Balaban J connectivity index is 1.92. The monoisotopic (exact) mass is 499 g/mol. The molecule has 1 aliphatic rings. The Morgan fingerprint density at radius 2 is 1.65 bits per heavy atom. The molecule has 1 unspecified atom stereocenters. The van der Waals surface area contributed by atoms with E-state index in [4.69, 9.17) is 9.47 Å². The zero-order chi connectivity index (χ0) is 26.9. The van der Waals surface area contributed by atoms with Gasteiger partial charge in [-0.25, -0.2) is 0 Å². The van der Waals surface area contributed by atoms with Crippen molar-refractivity contribution in [3.05, 3.63) is 94.6 Å². The number of rotatable bonds is 6. The number of ether oxygens (including phenoxy) is 2. The van der Waals surface area contributed by atoms with Gasteiger partial charge in [-0.3, -0.25) is 14.5 Å². The highest BCUT2D eigenvalue weighted by Crippen LogP contribution is 2.45. The fraction of sp³-hybridized carbons (Fsp3) is 0.290. The van der Waals surface area contributed by atoms with Crippen LogP contribution in [0, 0.1) is 6.92 Å². The van der Waals surface area contributed by atoms with Crippen LogP contribution < -0.4 is 14.4 Å². The molecule has 0 bridgehead atoms. The van der Waals surface area contributed by atoms with E-state index in [-0.39, 0.29) is 16.7 Å². The Morgan fingerprint density at radius 3 is 2.24 bits per heavy atom. The first kappa shape index (κ1) is 26.0. The summed E-state index contributed by atoms with van der Waals surface area (Å²) in [4.78, 5) is 28.4. The summed E-state index contributed by atoms with van der Waals surface area (Å²) in [6.07, 6.45) is 0. The first-order valence-corrected chi connectivity index (χ1v) is 12.4. The van der Waals surface area contributed by atoms with Gasteiger partial charge in [0.15, 0.2) is 0 Å². The minimum atomic E-state index is -0.872. The van der Waals surface area contributed by atoms with Gasteiger partial charge in [-0.05, 0) is 66.8 Å². The number of aliphatic hydroxyl groups excluding tert-OH is 1. The van der Waals surface area contributed by atoms with Gasteiger partial charge >= 0.3 is 0 Å². The average Bonchev–Trinajstić information content (AvgIpc) is 3.14. The maximum Gasteiger partial charge on any atom is 0.300 e. The lowest BCUT2D eigenvalue weighted by atomic mass is 9.87. The molecule has 1 heterocycles. The van der Waals surface area contributed by atoms with Crippen LogP contribution >= 0.6 is 0 Å². The Hall–Kier alpha value is -4.06. The molecule has 37 heavy (non-hydrogen) atoms. The number of nitrogens with zero attached hydrogens (tertiary/aromatic N) is 1. The van der Waals surface area contributed by atoms with Gasteiger partial charge in [-0.2, -0.15) is 0 Å². The van der Waals surface area contributed by atoms with Crippen LogP contribution in [0.2, 0.25) is 0 Å². The van der Waals surface area contributed by atoms with Gasteiger partial charge in [-0.15, -0.1) is 0 Å². The fourth-order valence-electron chi connectivity index (χ4n) is 4.68. The number of anilines is 1. The van der Waals surface area contributed by atoms with Crippen LogP contribution in [0.15, 0.2) is 72.3 Å². The Bertz CT molecular complexity index is 1370. The predicted molar refractivity (Wildman–Crippen MR) is 145 cm³/mol. The number of hydrogen-bond donors (Lipinski definition) is 1. The first-order chi connectivity index (χ1) is 17.6. The Labute approximate surface area is 218 Å². The molecule has 0 aromatic heterocycles. The second kappa shape index (κ2) is 10.1. The van der Waals surface area contributed by atoms with Gasteiger partial charge in [0.25, 0.3) is 11.7 Å². The lowest BCUT2D eigenvalue weighted by Gasteiger charge is -2.27. The first-order valence-electron chi connectivity index (χ1n) is 12.4. The summed E-state index contributed by atoms with van der Waals surface area (Å²) in [6.45, 7) is 10.6. The van der Waals surface area contributed by atoms with Crippen molar-refractivity contribution in [2.45, 2.75) is 46.1 Å². The summed E-state index contributed by atoms with van der Waals surface area (Å²) in [5.74, 6) is -0.489. The minimum Gasteiger partial charge on any atom is -0.507 e. The third-order valence-electron chi connectivity index (χ3n) is 6.64. The molecule has 0 radical (unpaired) electrons. The van der Waals surface area contributed by atoms with E-state index >= 15 is 0 Å². The zero-order valence-corrected chi connectivity index (χ0v) is 22.2. The number of amides is 1. The molecule has 0 spiro atoms. The molecule has 6 nitrogen and oxygen atoms in total. The van der Waals surface area contributed by atoms with Crippen LogP contribution in [0.25, 0.3) is 5.76 Å². The molecule has 1 aliphatic heterocycles. The van der Waals surface area contributed by atoms with Crippen molar-refractivity contribution < 1.29 is 24.2 Å². The highest BCUT2D eigenvalue weighted by molar-refractivity contribution is 6.51. The van der Waals surface area contributed by atoms with Crippen molar-refractivity contribution in [1.29, 1.82) is 0 Å². The van der Waals surface area contributed by atoms with E-state index in [1.807, 2.05) is 56.3 Å². The zero-order valence-electron chi connectivity index (χ0n) is 22.2. The van der Waals surface area contributed by atoms with E-state index in [2.05, 4.69) is 20.8 Å². The number of carbonyl (C=O) groups excluding carboxylic acids is 2. The maximum atomic E-state index is 13.5. The van der Waals surface area contributed by atoms with Crippen molar-refractivity contribution in [1.82, 2.24) is 0 Å². The quantitative estimate of drug-likeness (QED) is 0.244. The van der Waals surface area contributed by atoms with E-state index in [0.717, 1.165) is 11.1 Å². The summed E-state index contributed by atoms with van der Waals surface area (Å²) in [7, 11) is 1.54. The molecule has 1 amide bonds. The van der Waals surface area contributed by atoms with Crippen LogP contribution in [0.3, 0.4) is 0 Å². The molecule has 0 saturated carbocycles. The summed E-state index contributed by atoms with van der Waals surface area (Å²) < 4.78 is 11.2. The van der Waals surface area contributed by atoms with Gasteiger partial charge in [0.05, 0.1) is 25.3 Å². The topological polar surface area (TPSA) is 76.1 Å². The fourth-order valence-corrected chi connectivity index (χ4v) is 4.68. The normalized spacial score (nSPS) is 17.2. The number of methoxy groups -OCH3 is 1. The van der Waals surface area contributed by atoms with Crippen molar-refractivity contribution in [3.8, 4) is 11.5 Å². The summed E-state index contributed by atoms with van der Waals surface area (Å²) in [6, 6.07) is 19.2. The van der Waals surface area contributed by atoms with E-state index < -0.39 is 17.7 Å².